The zero-order valence-electron chi connectivity index (χ0n) is 17.4. The van der Waals surface area contributed by atoms with E-state index in [9.17, 15) is 4.79 Å². The van der Waals surface area contributed by atoms with Crippen molar-refractivity contribution in [2.75, 3.05) is 6.61 Å². The molecule has 0 spiro atoms. The molecule has 26 heavy (non-hydrogen) atoms. The van der Waals surface area contributed by atoms with E-state index in [4.69, 9.17) is 9.16 Å². The third-order valence-electron chi connectivity index (χ3n) is 4.41. The molecule has 0 saturated carbocycles. The van der Waals surface area contributed by atoms with E-state index >= 15 is 0 Å². The lowest BCUT2D eigenvalue weighted by Gasteiger charge is -2.38. The zero-order valence-corrected chi connectivity index (χ0v) is 18.4. The maximum Gasteiger partial charge on any atom is 0.384 e. The van der Waals surface area contributed by atoms with E-state index in [-0.39, 0.29) is 11.1 Å². The molecule has 0 aliphatic rings. The van der Waals surface area contributed by atoms with Crippen LogP contribution in [0.1, 0.15) is 53.4 Å². The van der Waals surface area contributed by atoms with Gasteiger partial charge in [0.05, 0.1) is 12.7 Å². The monoisotopic (exact) mass is 376 g/mol. The highest BCUT2D eigenvalue weighted by molar-refractivity contribution is 6.74. The molecule has 0 aromatic carbocycles. The molecule has 0 aromatic heterocycles. The van der Waals surface area contributed by atoms with Crippen LogP contribution in [0.2, 0.25) is 18.1 Å². The van der Waals surface area contributed by atoms with E-state index < -0.39 is 14.3 Å². The van der Waals surface area contributed by atoms with Crippen LogP contribution in [0.5, 0.6) is 0 Å². The van der Waals surface area contributed by atoms with E-state index in [0.717, 1.165) is 19.3 Å². The minimum Gasteiger partial charge on any atom is -0.456 e. The lowest BCUT2D eigenvalue weighted by atomic mass is 10.2. The Morgan fingerprint density at radius 2 is 1.92 bits per heavy atom. The molecular formula is C22H36O3Si. The number of carbonyl (C=O) groups excluding carboxylic acids is 1. The molecule has 1 unspecified atom stereocenters. The van der Waals surface area contributed by atoms with Gasteiger partial charge >= 0.3 is 5.97 Å². The van der Waals surface area contributed by atoms with Crippen molar-refractivity contribution in [2.45, 2.75) is 77.6 Å². The van der Waals surface area contributed by atoms with Gasteiger partial charge in [-0.15, -0.1) is 6.58 Å². The van der Waals surface area contributed by atoms with Crippen LogP contribution in [0.4, 0.5) is 0 Å². The maximum atomic E-state index is 11.7. The van der Waals surface area contributed by atoms with Crippen LogP contribution < -0.4 is 0 Å². The fraction of sp³-hybridized carbons (Fsp3) is 0.591. The van der Waals surface area contributed by atoms with Gasteiger partial charge < -0.3 is 9.16 Å². The van der Waals surface area contributed by atoms with Gasteiger partial charge in [-0.25, -0.2) is 4.79 Å². The quantitative estimate of drug-likeness (QED) is 0.0919. The smallest absolute Gasteiger partial charge is 0.384 e. The predicted octanol–water partition coefficient (Wildman–Crippen LogP) is 5.80. The summed E-state index contributed by atoms with van der Waals surface area (Å²) < 4.78 is 11.5. The minimum atomic E-state index is -1.91. The molecule has 0 radical (unpaired) electrons. The van der Waals surface area contributed by atoms with Crippen LogP contribution in [0, 0.1) is 11.8 Å². The molecule has 0 aromatic rings. The largest absolute Gasteiger partial charge is 0.456 e. The lowest BCUT2D eigenvalue weighted by molar-refractivity contribution is -0.136. The standard InChI is InChI=1S/C22H36O3Si/c1-8-10-12-14-19-24-21(23)18-15-17-20(16-13-11-9-2)25-26(6,7)22(3,4)5/h8-9,11,13,16,20H,1,10,12,14,17,19H2,2-7H3/b11-9+,16-13+. The molecule has 0 amide bonds. The van der Waals surface area contributed by atoms with Crippen molar-refractivity contribution in [3.05, 3.63) is 37.0 Å². The maximum absolute atomic E-state index is 11.7. The van der Waals surface area contributed by atoms with Gasteiger partial charge in [-0.1, -0.05) is 57.1 Å². The molecule has 146 valence electrons. The Labute approximate surface area is 161 Å². The van der Waals surface area contributed by atoms with Gasteiger partial charge in [0.25, 0.3) is 0 Å². The summed E-state index contributed by atoms with van der Waals surface area (Å²) in [6.07, 6.45) is 12.9. The summed E-state index contributed by atoms with van der Waals surface area (Å²) in [7, 11) is -1.91. The summed E-state index contributed by atoms with van der Waals surface area (Å²) in [5, 5.41) is 0.123. The molecule has 0 N–H and O–H groups in total. The average molecular weight is 377 g/mol. The summed E-state index contributed by atoms with van der Waals surface area (Å²) in [5.74, 6) is 5.02. The second kappa shape index (κ2) is 12.7. The Morgan fingerprint density at radius 3 is 2.50 bits per heavy atom. The normalized spacial score (nSPS) is 13.5. The van der Waals surface area contributed by atoms with Gasteiger partial charge in [-0.05, 0) is 44.3 Å². The van der Waals surface area contributed by atoms with Gasteiger partial charge in [0.2, 0.25) is 0 Å². The molecule has 0 fully saturated rings. The number of hydrogen-bond acceptors (Lipinski definition) is 3. The third-order valence-corrected chi connectivity index (χ3v) is 8.92. The summed E-state index contributed by atoms with van der Waals surface area (Å²) in [6, 6.07) is 0. The van der Waals surface area contributed by atoms with Crippen LogP contribution in [-0.2, 0) is 14.0 Å². The molecule has 0 bridgehead atoms. The van der Waals surface area contributed by atoms with Crippen molar-refractivity contribution in [3.8, 4) is 11.8 Å². The van der Waals surface area contributed by atoms with Crippen LogP contribution in [0.25, 0.3) is 0 Å². The van der Waals surface area contributed by atoms with E-state index in [1.165, 1.54) is 0 Å². The van der Waals surface area contributed by atoms with Crippen molar-refractivity contribution in [2.24, 2.45) is 0 Å². The molecule has 0 heterocycles. The second-order valence-electron chi connectivity index (χ2n) is 7.75. The number of hydrogen-bond donors (Lipinski definition) is 0. The first-order valence-corrected chi connectivity index (χ1v) is 12.3. The van der Waals surface area contributed by atoms with Gasteiger partial charge in [-0.2, -0.15) is 0 Å². The van der Waals surface area contributed by atoms with Crippen LogP contribution in [-0.4, -0.2) is 27.0 Å². The van der Waals surface area contributed by atoms with Crippen molar-refractivity contribution < 1.29 is 14.0 Å². The predicted molar refractivity (Wildman–Crippen MR) is 113 cm³/mol. The number of carbonyl (C=O) groups is 1. The Morgan fingerprint density at radius 1 is 1.23 bits per heavy atom. The van der Waals surface area contributed by atoms with Crippen molar-refractivity contribution in [3.63, 3.8) is 0 Å². The molecule has 0 aliphatic heterocycles. The number of allylic oxidation sites excluding steroid dienone is 4. The fourth-order valence-corrected chi connectivity index (χ4v) is 3.09. The van der Waals surface area contributed by atoms with Gasteiger partial charge in [0.15, 0.2) is 8.32 Å². The summed E-state index contributed by atoms with van der Waals surface area (Å²) in [4.78, 5) is 11.7. The SMILES string of the molecule is C=CCCCCOC(=O)C#CCC(/C=C/C=C/C)O[Si](C)(C)C(C)(C)C. The molecule has 0 saturated heterocycles. The van der Waals surface area contributed by atoms with E-state index in [2.05, 4.69) is 52.3 Å². The van der Waals surface area contributed by atoms with E-state index in [0.29, 0.717) is 13.0 Å². The Kier molecular flexibility index (Phi) is 12.0. The summed E-state index contributed by atoms with van der Waals surface area (Å²) in [5.41, 5.74) is 0. The van der Waals surface area contributed by atoms with Crippen LogP contribution in [0.3, 0.4) is 0 Å². The highest BCUT2D eigenvalue weighted by atomic mass is 28.4. The van der Waals surface area contributed by atoms with Crippen molar-refractivity contribution >= 4 is 14.3 Å². The first-order valence-electron chi connectivity index (χ1n) is 9.38. The number of ether oxygens (including phenoxy) is 1. The van der Waals surface area contributed by atoms with Gasteiger partial charge in [0, 0.05) is 12.3 Å². The number of esters is 1. The highest BCUT2D eigenvalue weighted by Gasteiger charge is 2.38. The second-order valence-corrected chi connectivity index (χ2v) is 12.5. The zero-order chi connectivity index (χ0) is 20.1. The number of rotatable bonds is 10. The average Bonchev–Trinajstić information content (AvgIpc) is 2.53. The van der Waals surface area contributed by atoms with Gasteiger partial charge in [-0.3, -0.25) is 0 Å². The van der Waals surface area contributed by atoms with E-state index in [1.54, 1.807) is 0 Å². The Hall–Kier alpha value is -1.57. The van der Waals surface area contributed by atoms with Crippen LogP contribution in [0.15, 0.2) is 37.0 Å². The summed E-state index contributed by atoms with van der Waals surface area (Å²) >= 11 is 0. The molecule has 0 rings (SSSR count). The van der Waals surface area contributed by atoms with Crippen molar-refractivity contribution in [1.82, 2.24) is 0 Å². The van der Waals surface area contributed by atoms with Crippen molar-refractivity contribution in [1.29, 1.82) is 0 Å². The molecule has 0 aliphatic carbocycles. The Balaban J connectivity index is 4.71. The lowest BCUT2D eigenvalue weighted by Crippen LogP contribution is -2.43. The fourth-order valence-electron chi connectivity index (χ4n) is 1.82. The molecule has 3 nitrogen and oxygen atoms in total. The molecular weight excluding hydrogens is 340 g/mol. The molecule has 1 atom stereocenters. The minimum absolute atomic E-state index is 0.123. The molecule has 4 heteroatoms. The first kappa shape index (κ1) is 24.4. The summed E-state index contributed by atoms with van der Waals surface area (Å²) in [6.45, 7) is 17.1. The highest BCUT2D eigenvalue weighted by Crippen LogP contribution is 2.37. The van der Waals surface area contributed by atoms with Gasteiger partial charge in [0.1, 0.15) is 0 Å². The topological polar surface area (TPSA) is 35.5 Å². The third kappa shape index (κ3) is 11.1. The van der Waals surface area contributed by atoms with Crippen LogP contribution >= 0.6 is 0 Å². The van der Waals surface area contributed by atoms with E-state index in [1.807, 2.05) is 37.3 Å². The number of unbranched alkanes of at least 4 members (excludes halogenated alkanes) is 2. The Bertz CT molecular complexity index is 542. The first-order chi connectivity index (χ1) is 12.1.